The quantitative estimate of drug-likeness (QED) is 0.749. The van der Waals surface area contributed by atoms with Crippen molar-refractivity contribution in [2.24, 2.45) is 5.41 Å². The van der Waals surface area contributed by atoms with E-state index in [0.717, 1.165) is 38.0 Å². The molecule has 126 valence electrons. The van der Waals surface area contributed by atoms with Crippen molar-refractivity contribution in [3.63, 3.8) is 0 Å². The number of ether oxygens (including phenoxy) is 1. The third kappa shape index (κ3) is 3.08. The Morgan fingerprint density at radius 2 is 2.17 bits per heavy atom. The van der Waals surface area contributed by atoms with Crippen LogP contribution in [0.3, 0.4) is 0 Å². The molecule has 0 N–H and O–H groups in total. The van der Waals surface area contributed by atoms with E-state index in [1.165, 1.54) is 36.9 Å². The summed E-state index contributed by atoms with van der Waals surface area (Å²) in [6.07, 6.45) is 12.8. The molecule has 0 amide bonds. The van der Waals surface area contributed by atoms with E-state index < -0.39 is 0 Å². The normalized spacial score (nSPS) is 33.2. The Labute approximate surface area is 144 Å². The van der Waals surface area contributed by atoms with E-state index in [1.807, 2.05) is 6.07 Å². The Balaban J connectivity index is 1.64. The molecule has 1 saturated carbocycles. The molecule has 3 nitrogen and oxygen atoms in total. The summed E-state index contributed by atoms with van der Waals surface area (Å²) in [6.45, 7) is 4.38. The predicted octanol–water partition coefficient (Wildman–Crippen LogP) is 4.56. The van der Waals surface area contributed by atoms with Crippen molar-refractivity contribution in [3.05, 3.63) is 41.6 Å². The van der Waals surface area contributed by atoms with Crippen molar-refractivity contribution in [2.45, 2.75) is 57.5 Å². The molecule has 0 radical (unpaired) electrons. The van der Waals surface area contributed by atoms with Crippen LogP contribution in [0.2, 0.25) is 0 Å². The van der Waals surface area contributed by atoms with E-state index >= 15 is 0 Å². The Hall–Kier alpha value is -1.79. The van der Waals surface area contributed by atoms with Crippen molar-refractivity contribution in [1.29, 1.82) is 5.26 Å². The van der Waals surface area contributed by atoms with Crippen LogP contribution in [0.5, 0.6) is 0 Å². The number of epoxide rings is 1. The molecule has 2 aliphatic heterocycles. The summed E-state index contributed by atoms with van der Waals surface area (Å²) in [5, 5.41) is 9.30. The number of aryl methyl sites for hydroxylation is 1. The van der Waals surface area contributed by atoms with E-state index in [9.17, 15) is 5.26 Å². The maximum Gasteiger partial charge on any atom is 0.0992 e. The molecule has 2 fully saturated rings. The molecule has 2 atom stereocenters. The van der Waals surface area contributed by atoms with Gasteiger partial charge in [0.1, 0.15) is 0 Å². The smallest absolute Gasteiger partial charge is 0.0992 e. The van der Waals surface area contributed by atoms with Gasteiger partial charge in [0.2, 0.25) is 0 Å². The summed E-state index contributed by atoms with van der Waals surface area (Å²) >= 11 is 0. The van der Waals surface area contributed by atoms with Crippen LogP contribution in [0.25, 0.3) is 0 Å². The van der Waals surface area contributed by atoms with Crippen LogP contribution in [-0.4, -0.2) is 18.8 Å². The lowest BCUT2D eigenvalue weighted by atomic mass is 9.70. The van der Waals surface area contributed by atoms with E-state index in [2.05, 4.69) is 42.3 Å². The highest BCUT2D eigenvalue weighted by Gasteiger charge is 2.52. The molecule has 2 heterocycles. The SMILES string of the molecule is C[C@]1(CN2/C=C/CCCc3ccc(C#N)cc32)CCC[C@@]2(CO2)C1. The number of rotatable bonds is 2. The average molecular weight is 322 g/mol. The molecular formula is C21H26N2O. The van der Waals surface area contributed by atoms with Gasteiger partial charge in [-0.3, -0.25) is 0 Å². The summed E-state index contributed by atoms with van der Waals surface area (Å²) in [6, 6.07) is 8.47. The fraction of sp³-hybridized carbons (Fsp3) is 0.571. The predicted molar refractivity (Wildman–Crippen MR) is 95.8 cm³/mol. The largest absolute Gasteiger partial charge is 0.370 e. The minimum absolute atomic E-state index is 0.191. The zero-order valence-electron chi connectivity index (χ0n) is 14.6. The lowest BCUT2D eigenvalue weighted by Gasteiger charge is -2.41. The number of hydrogen-bond donors (Lipinski definition) is 0. The van der Waals surface area contributed by atoms with Gasteiger partial charge in [0.15, 0.2) is 0 Å². The van der Waals surface area contributed by atoms with Gasteiger partial charge in [-0.05, 0) is 68.1 Å². The van der Waals surface area contributed by atoms with Crippen LogP contribution in [0.15, 0.2) is 30.5 Å². The molecule has 1 saturated heterocycles. The molecule has 4 rings (SSSR count). The van der Waals surface area contributed by atoms with Gasteiger partial charge in [0, 0.05) is 18.4 Å². The highest BCUT2D eigenvalue weighted by atomic mass is 16.6. The van der Waals surface area contributed by atoms with Gasteiger partial charge in [0.25, 0.3) is 0 Å². The van der Waals surface area contributed by atoms with Crippen molar-refractivity contribution in [2.75, 3.05) is 18.1 Å². The molecule has 0 aromatic heterocycles. The van der Waals surface area contributed by atoms with Crippen molar-refractivity contribution >= 4 is 5.69 Å². The van der Waals surface area contributed by atoms with Gasteiger partial charge in [-0.1, -0.05) is 19.1 Å². The number of fused-ring (bicyclic) bond motifs is 1. The summed E-state index contributed by atoms with van der Waals surface area (Å²) in [4.78, 5) is 2.40. The Morgan fingerprint density at radius 1 is 1.29 bits per heavy atom. The molecule has 0 unspecified atom stereocenters. The van der Waals surface area contributed by atoms with Crippen LogP contribution >= 0.6 is 0 Å². The maximum atomic E-state index is 9.30. The van der Waals surface area contributed by atoms with Gasteiger partial charge in [-0.2, -0.15) is 5.26 Å². The summed E-state index contributed by atoms with van der Waals surface area (Å²) in [7, 11) is 0. The molecule has 1 aliphatic carbocycles. The number of nitrogens with zero attached hydrogens (tertiary/aromatic N) is 2. The van der Waals surface area contributed by atoms with Gasteiger partial charge in [0.05, 0.1) is 23.8 Å². The zero-order chi connectivity index (χ0) is 16.6. The second-order valence-corrected chi connectivity index (χ2v) is 8.17. The van der Waals surface area contributed by atoms with E-state index in [0.29, 0.717) is 0 Å². The average Bonchev–Trinajstić information content (AvgIpc) is 3.29. The van der Waals surface area contributed by atoms with Crippen LogP contribution in [0, 0.1) is 16.7 Å². The Morgan fingerprint density at radius 3 is 2.96 bits per heavy atom. The molecule has 1 aromatic rings. The molecule has 1 spiro atoms. The Kier molecular flexibility index (Phi) is 3.89. The van der Waals surface area contributed by atoms with Gasteiger partial charge in [-0.25, -0.2) is 0 Å². The first-order valence-corrected chi connectivity index (χ1v) is 9.22. The molecule has 0 bridgehead atoms. The fourth-order valence-corrected chi connectivity index (χ4v) is 4.63. The minimum atomic E-state index is 0.191. The highest BCUT2D eigenvalue weighted by Crippen LogP contribution is 2.50. The molecular weight excluding hydrogens is 296 g/mol. The third-order valence-corrected chi connectivity index (χ3v) is 5.89. The first-order chi connectivity index (χ1) is 11.6. The zero-order valence-corrected chi connectivity index (χ0v) is 14.6. The van der Waals surface area contributed by atoms with E-state index in [1.54, 1.807) is 0 Å². The number of allylic oxidation sites excluding steroid dienone is 1. The van der Waals surface area contributed by atoms with Crippen LogP contribution in [0.1, 0.15) is 56.6 Å². The number of hydrogen-bond acceptors (Lipinski definition) is 3. The monoisotopic (exact) mass is 322 g/mol. The van der Waals surface area contributed by atoms with Crippen molar-refractivity contribution in [3.8, 4) is 6.07 Å². The van der Waals surface area contributed by atoms with Crippen molar-refractivity contribution < 1.29 is 4.74 Å². The standard InChI is InChI=1S/C21H26N2O/c1-20(9-5-10-21(14-20)16-24-21)15-23-11-4-2-3-6-18-8-7-17(13-22)12-19(18)23/h4,7-8,11-12H,2-3,5-6,9-10,14-16H2,1H3/b11-4+/t20-,21-/m0/s1. The molecule has 24 heavy (non-hydrogen) atoms. The van der Waals surface area contributed by atoms with Crippen LogP contribution in [0.4, 0.5) is 5.69 Å². The lowest BCUT2D eigenvalue weighted by molar-refractivity contribution is 0.125. The second kappa shape index (κ2) is 5.93. The van der Waals surface area contributed by atoms with Gasteiger partial charge in [-0.15, -0.1) is 0 Å². The van der Waals surface area contributed by atoms with Gasteiger partial charge >= 0.3 is 0 Å². The minimum Gasteiger partial charge on any atom is -0.370 e. The Bertz CT molecular complexity index is 698. The second-order valence-electron chi connectivity index (χ2n) is 8.17. The first kappa shape index (κ1) is 15.7. The topological polar surface area (TPSA) is 39.6 Å². The van der Waals surface area contributed by atoms with E-state index in [4.69, 9.17) is 4.74 Å². The summed E-state index contributed by atoms with van der Waals surface area (Å²) in [5.74, 6) is 0. The fourth-order valence-electron chi connectivity index (χ4n) is 4.63. The number of nitriles is 1. The summed E-state index contributed by atoms with van der Waals surface area (Å²) in [5.41, 5.74) is 3.82. The third-order valence-electron chi connectivity index (χ3n) is 5.89. The lowest BCUT2D eigenvalue weighted by Crippen LogP contribution is -2.40. The van der Waals surface area contributed by atoms with Crippen molar-refractivity contribution in [1.82, 2.24) is 0 Å². The highest BCUT2D eigenvalue weighted by molar-refractivity contribution is 5.60. The number of anilines is 1. The van der Waals surface area contributed by atoms with Crippen LogP contribution in [-0.2, 0) is 11.2 Å². The van der Waals surface area contributed by atoms with Gasteiger partial charge < -0.3 is 9.64 Å². The first-order valence-electron chi connectivity index (χ1n) is 9.22. The summed E-state index contributed by atoms with van der Waals surface area (Å²) < 4.78 is 5.79. The van der Waals surface area contributed by atoms with E-state index in [-0.39, 0.29) is 11.0 Å². The van der Waals surface area contributed by atoms with Crippen LogP contribution < -0.4 is 4.90 Å². The maximum absolute atomic E-state index is 9.30. The molecule has 3 aliphatic rings. The molecule has 3 heteroatoms. The molecule has 1 aromatic carbocycles. The number of benzene rings is 1.